The predicted octanol–water partition coefficient (Wildman–Crippen LogP) is 2.81. The number of carboxylic acids is 1. The number of hydrogen-bond acceptors (Lipinski definition) is 2. The SMILES string of the molecule is CCC(C(=O)O)c1ccc(OC2CC2)cc1. The summed E-state index contributed by atoms with van der Waals surface area (Å²) in [7, 11) is 0. The number of aliphatic carboxylic acids is 1. The summed E-state index contributed by atoms with van der Waals surface area (Å²) in [5.74, 6) is -0.333. The van der Waals surface area contributed by atoms with E-state index >= 15 is 0 Å². The molecule has 0 heterocycles. The van der Waals surface area contributed by atoms with Gasteiger partial charge in [-0.25, -0.2) is 0 Å². The molecule has 1 saturated carbocycles. The first-order chi connectivity index (χ1) is 7.70. The lowest BCUT2D eigenvalue weighted by molar-refractivity contribution is -0.138. The number of rotatable bonds is 5. The molecule has 1 aromatic rings. The second kappa shape index (κ2) is 4.56. The molecule has 2 rings (SSSR count). The molecular weight excluding hydrogens is 204 g/mol. The van der Waals surface area contributed by atoms with E-state index in [1.165, 1.54) is 0 Å². The van der Waals surface area contributed by atoms with Gasteiger partial charge in [-0.2, -0.15) is 0 Å². The minimum Gasteiger partial charge on any atom is -0.490 e. The zero-order valence-electron chi connectivity index (χ0n) is 9.35. The lowest BCUT2D eigenvalue weighted by atomic mass is 9.97. The molecule has 1 aliphatic carbocycles. The minimum atomic E-state index is -0.765. The fraction of sp³-hybridized carbons (Fsp3) is 0.462. The largest absolute Gasteiger partial charge is 0.490 e. The maximum Gasteiger partial charge on any atom is 0.310 e. The second-order valence-electron chi connectivity index (χ2n) is 4.19. The molecule has 1 aromatic carbocycles. The summed E-state index contributed by atoms with van der Waals surface area (Å²) < 4.78 is 5.61. The molecule has 3 nitrogen and oxygen atoms in total. The third-order valence-electron chi connectivity index (χ3n) is 2.82. The Morgan fingerprint density at radius 3 is 2.50 bits per heavy atom. The van der Waals surface area contributed by atoms with E-state index in [1.54, 1.807) is 0 Å². The first-order valence-corrected chi connectivity index (χ1v) is 5.70. The monoisotopic (exact) mass is 220 g/mol. The molecule has 3 heteroatoms. The minimum absolute atomic E-state index is 0.382. The lowest BCUT2D eigenvalue weighted by Gasteiger charge is -2.11. The van der Waals surface area contributed by atoms with E-state index in [1.807, 2.05) is 31.2 Å². The molecule has 0 spiro atoms. The molecule has 1 N–H and O–H groups in total. The quantitative estimate of drug-likeness (QED) is 0.830. The molecule has 0 aliphatic heterocycles. The van der Waals surface area contributed by atoms with Gasteiger partial charge in [0.2, 0.25) is 0 Å². The van der Waals surface area contributed by atoms with E-state index < -0.39 is 11.9 Å². The highest BCUT2D eigenvalue weighted by Crippen LogP contribution is 2.28. The molecule has 16 heavy (non-hydrogen) atoms. The Hall–Kier alpha value is -1.51. The third-order valence-corrected chi connectivity index (χ3v) is 2.82. The Bertz CT molecular complexity index is 365. The van der Waals surface area contributed by atoms with Gasteiger partial charge in [-0.05, 0) is 37.0 Å². The van der Waals surface area contributed by atoms with Gasteiger partial charge in [0.05, 0.1) is 12.0 Å². The molecule has 1 aliphatic rings. The summed E-state index contributed by atoms with van der Waals surface area (Å²) in [6.07, 6.45) is 3.26. The molecule has 1 fully saturated rings. The zero-order valence-corrected chi connectivity index (χ0v) is 9.35. The summed E-state index contributed by atoms with van der Waals surface area (Å²) in [6, 6.07) is 7.42. The van der Waals surface area contributed by atoms with Gasteiger partial charge in [0.1, 0.15) is 5.75 Å². The van der Waals surface area contributed by atoms with Gasteiger partial charge in [-0.1, -0.05) is 19.1 Å². The van der Waals surface area contributed by atoms with Crippen LogP contribution in [0.2, 0.25) is 0 Å². The van der Waals surface area contributed by atoms with E-state index in [4.69, 9.17) is 9.84 Å². The van der Waals surface area contributed by atoms with E-state index in [0.717, 1.165) is 24.2 Å². The van der Waals surface area contributed by atoms with Gasteiger partial charge in [-0.3, -0.25) is 4.79 Å². The smallest absolute Gasteiger partial charge is 0.310 e. The van der Waals surface area contributed by atoms with Crippen LogP contribution in [0, 0.1) is 0 Å². The highest BCUT2D eigenvalue weighted by Gasteiger charge is 2.23. The van der Waals surface area contributed by atoms with Gasteiger partial charge in [0, 0.05) is 0 Å². The summed E-state index contributed by atoms with van der Waals surface area (Å²) in [6.45, 7) is 1.88. The number of hydrogen-bond donors (Lipinski definition) is 1. The Morgan fingerprint density at radius 2 is 2.06 bits per heavy atom. The number of ether oxygens (including phenoxy) is 1. The van der Waals surface area contributed by atoms with Crippen molar-refractivity contribution in [3.63, 3.8) is 0 Å². The molecule has 0 saturated heterocycles. The summed E-state index contributed by atoms with van der Waals surface area (Å²) >= 11 is 0. The molecular formula is C13H16O3. The molecule has 0 amide bonds. The van der Waals surface area contributed by atoms with Crippen molar-refractivity contribution in [1.82, 2.24) is 0 Å². The van der Waals surface area contributed by atoms with E-state index in [-0.39, 0.29) is 0 Å². The number of benzene rings is 1. The zero-order chi connectivity index (χ0) is 11.5. The summed E-state index contributed by atoms with van der Waals surface area (Å²) in [4.78, 5) is 11.0. The van der Waals surface area contributed by atoms with Crippen LogP contribution in [0.3, 0.4) is 0 Å². The molecule has 0 radical (unpaired) electrons. The van der Waals surface area contributed by atoms with Gasteiger partial charge < -0.3 is 9.84 Å². The maximum atomic E-state index is 11.0. The van der Waals surface area contributed by atoms with Crippen molar-refractivity contribution in [2.24, 2.45) is 0 Å². The molecule has 1 unspecified atom stereocenters. The van der Waals surface area contributed by atoms with Crippen molar-refractivity contribution in [2.45, 2.75) is 38.2 Å². The van der Waals surface area contributed by atoms with Crippen molar-refractivity contribution in [1.29, 1.82) is 0 Å². The second-order valence-corrected chi connectivity index (χ2v) is 4.19. The van der Waals surface area contributed by atoms with Crippen molar-refractivity contribution < 1.29 is 14.6 Å². The summed E-state index contributed by atoms with van der Waals surface area (Å²) in [5, 5.41) is 9.02. The van der Waals surface area contributed by atoms with Crippen molar-refractivity contribution in [3.8, 4) is 5.75 Å². The standard InChI is InChI=1S/C13H16O3/c1-2-12(13(14)15)9-3-5-10(6-4-9)16-11-7-8-11/h3-6,11-12H,2,7-8H2,1H3,(H,14,15). The van der Waals surface area contributed by atoms with Crippen LogP contribution >= 0.6 is 0 Å². The van der Waals surface area contributed by atoms with Crippen molar-refractivity contribution in [2.75, 3.05) is 0 Å². The van der Waals surface area contributed by atoms with Crippen molar-refractivity contribution >= 4 is 5.97 Å². The summed E-state index contributed by atoms with van der Waals surface area (Å²) in [5.41, 5.74) is 0.846. The van der Waals surface area contributed by atoms with Crippen LogP contribution in [-0.4, -0.2) is 17.2 Å². The van der Waals surface area contributed by atoms with Gasteiger partial charge >= 0.3 is 5.97 Å². The van der Waals surface area contributed by atoms with Crippen LogP contribution in [0.15, 0.2) is 24.3 Å². The topological polar surface area (TPSA) is 46.5 Å². The Labute approximate surface area is 95.0 Å². The number of carbonyl (C=O) groups is 1. The Kier molecular flexibility index (Phi) is 3.13. The first kappa shape index (κ1) is 11.0. The van der Waals surface area contributed by atoms with Crippen LogP contribution in [0.4, 0.5) is 0 Å². The van der Waals surface area contributed by atoms with Gasteiger partial charge in [0.15, 0.2) is 0 Å². The van der Waals surface area contributed by atoms with Crippen molar-refractivity contribution in [3.05, 3.63) is 29.8 Å². The van der Waals surface area contributed by atoms with Crippen LogP contribution in [-0.2, 0) is 4.79 Å². The number of carboxylic acid groups (broad SMARTS) is 1. The van der Waals surface area contributed by atoms with Gasteiger partial charge in [-0.15, -0.1) is 0 Å². The Morgan fingerprint density at radius 1 is 1.44 bits per heavy atom. The average Bonchev–Trinajstić information content (AvgIpc) is 3.05. The average molecular weight is 220 g/mol. The van der Waals surface area contributed by atoms with Crippen LogP contribution in [0.5, 0.6) is 5.75 Å². The first-order valence-electron chi connectivity index (χ1n) is 5.70. The van der Waals surface area contributed by atoms with E-state index in [2.05, 4.69) is 0 Å². The van der Waals surface area contributed by atoms with Gasteiger partial charge in [0.25, 0.3) is 0 Å². The highest BCUT2D eigenvalue weighted by molar-refractivity contribution is 5.76. The predicted molar refractivity (Wildman–Crippen MR) is 60.8 cm³/mol. The molecule has 0 bridgehead atoms. The highest BCUT2D eigenvalue weighted by atomic mass is 16.5. The Balaban J connectivity index is 2.07. The van der Waals surface area contributed by atoms with E-state index in [9.17, 15) is 4.79 Å². The van der Waals surface area contributed by atoms with Crippen LogP contribution < -0.4 is 4.74 Å². The molecule has 86 valence electrons. The maximum absolute atomic E-state index is 11.0. The fourth-order valence-corrected chi connectivity index (χ4v) is 1.71. The third kappa shape index (κ3) is 2.54. The van der Waals surface area contributed by atoms with E-state index in [0.29, 0.717) is 12.5 Å². The molecule has 0 aromatic heterocycles. The molecule has 1 atom stereocenters. The van der Waals surface area contributed by atoms with Crippen LogP contribution in [0.25, 0.3) is 0 Å². The van der Waals surface area contributed by atoms with Crippen LogP contribution in [0.1, 0.15) is 37.7 Å². The lowest BCUT2D eigenvalue weighted by Crippen LogP contribution is -2.10. The fourth-order valence-electron chi connectivity index (χ4n) is 1.71. The normalized spacial score (nSPS) is 16.8.